The van der Waals surface area contributed by atoms with Crippen molar-refractivity contribution in [3.05, 3.63) is 47.1 Å². The van der Waals surface area contributed by atoms with Gasteiger partial charge in [0.1, 0.15) is 5.75 Å². The molecule has 0 saturated heterocycles. The molecule has 3 fully saturated rings. The SMILES string of the molecule is C[C@]12CC[C@H](O)CC1=CC[C@H]1[C@H]2CC[C@]2(C)C(=O)/C(=C/c3ccc(OC(F)(F)F)cc3)C[C@H]12. The van der Waals surface area contributed by atoms with Gasteiger partial charge in [0.15, 0.2) is 5.78 Å². The highest BCUT2D eigenvalue weighted by molar-refractivity contribution is 6.05. The number of aliphatic hydroxyl groups is 1. The summed E-state index contributed by atoms with van der Waals surface area (Å²) in [6.07, 6.45) is 5.47. The van der Waals surface area contributed by atoms with E-state index in [1.807, 2.05) is 6.08 Å². The third-order valence-corrected chi connectivity index (χ3v) is 9.17. The maximum atomic E-state index is 13.5. The molecule has 33 heavy (non-hydrogen) atoms. The van der Waals surface area contributed by atoms with Gasteiger partial charge in [-0.3, -0.25) is 4.79 Å². The largest absolute Gasteiger partial charge is 0.573 e. The average Bonchev–Trinajstić information content (AvgIpc) is 2.99. The van der Waals surface area contributed by atoms with Crippen LogP contribution in [0.25, 0.3) is 6.08 Å². The van der Waals surface area contributed by atoms with Gasteiger partial charge in [-0.05, 0) is 97.5 Å². The van der Waals surface area contributed by atoms with E-state index < -0.39 is 6.36 Å². The highest BCUT2D eigenvalue weighted by Crippen LogP contribution is 2.64. The first kappa shape index (κ1) is 22.7. The zero-order chi connectivity index (χ0) is 23.6. The quantitative estimate of drug-likeness (QED) is 0.406. The van der Waals surface area contributed by atoms with Crippen LogP contribution >= 0.6 is 0 Å². The fourth-order valence-electron chi connectivity index (χ4n) is 7.41. The van der Waals surface area contributed by atoms with Crippen molar-refractivity contribution in [1.82, 2.24) is 0 Å². The van der Waals surface area contributed by atoms with Crippen molar-refractivity contribution in [2.24, 2.45) is 28.6 Å². The number of fused-ring (bicyclic) bond motifs is 5. The van der Waals surface area contributed by atoms with Crippen molar-refractivity contribution >= 4 is 11.9 Å². The minimum Gasteiger partial charge on any atom is -0.406 e. The van der Waals surface area contributed by atoms with Crippen LogP contribution in [-0.4, -0.2) is 23.4 Å². The lowest BCUT2D eigenvalue weighted by molar-refractivity contribution is -0.274. The van der Waals surface area contributed by atoms with Gasteiger partial charge in [0.2, 0.25) is 0 Å². The normalized spacial score (nSPS) is 39.5. The molecule has 0 heterocycles. The van der Waals surface area contributed by atoms with E-state index in [1.54, 1.807) is 12.1 Å². The van der Waals surface area contributed by atoms with E-state index in [9.17, 15) is 23.1 Å². The number of carbonyl (C=O) groups is 1. The second-order valence-electron chi connectivity index (χ2n) is 10.9. The Morgan fingerprint density at radius 3 is 2.42 bits per heavy atom. The molecule has 3 nitrogen and oxygen atoms in total. The lowest BCUT2D eigenvalue weighted by Crippen LogP contribution is -2.50. The van der Waals surface area contributed by atoms with Crippen LogP contribution in [0.2, 0.25) is 0 Å². The van der Waals surface area contributed by atoms with E-state index in [1.165, 1.54) is 17.7 Å². The van der Waals surface area contributed by atoms with Gasteiger partial charge in [-0.2, -0.15) is 0 Å². The molecule has 0 unspecified atom stereocenters. The summed E-state index contributed by atoms with van der Waals surface area (Å²) in [7, 11) is 0. The highest BCUT2D eigenvalue weighted by Gasteiger charge is 2.59. The molecule has 0 aliphatic heterocycles. The number of aliphatic hydroxyl groups excluding tert-OH is 1. The molecule has 4 aliphatic rings. The van der Waals surface area contributed by atoms with Gasteiger partial charge in [-0.15, -0.1) is 13.2 Å². The number of allylic oxidation sites excluding steroid dienone is 2. The summed E-state index contributed by atoms with van der Waals surface area (Å²) in [5, 5.41) is 10.2. The Bertz CT molecular complexity index is 1010. The molecule has 1 N–H and O–H groups in total. The summed E-state index contributed by atoms with van der Waals surface area (Å²) < 4.78 is 41.2. The summed E-state index contributed by atoms with van der Waals surface area (Å²) in [6.45, 7) is 4.48. The summed E-state index contributed by atoms with van der Waals surface area (Å²) in [4.78, 5) is 13.5. The van der Waals surface area contributed by atoms with E-state index >= 15 is 0 Å². The van der Waals surface area contributed by atoms with E-state index in [0.717, 1.165) is 50.5 Å². The van der Waals surface area contributed by atoms with E-state index in [-0.39, 0.29) is 34.4 Å². The number of ether oxygens (including phenoxy) is 1. The molecule has 1 aromatic rings. The Labute approximate surface area is 192 Å². The molecule has 1 aromatic carbocycles. The van der Waals surface area contributed by atoms with Crippen LogP contribution in [-0.2, 0) is 4.79 Å². The van der Waals surface area contributed by atoms with Crippen molar-refractivity contribution in [1.29, 1.82) is 0 Å². The lowest BCUT2D eigenvalue weighted by Gasteiger charge is -2.56. The number of ketones is 1. The summed E-state index contributed by atoms with van der Waals surface area (Å²) in [6, 6.07) is 5.71. The number of carbonyl (C=O) groups excluding carboxylic acids is 1. The van der Waals surface area contributed by atoms with Crippen molar-refractivity contribution in [2.45, 2.75) is 71.3 Å². The van der Waals surface area contributed by atoms with Gasteiger partial charge in [-0.1, -0.05) is 37.6 Å². The number of rotatable bonds is 2. The number of hydrogen-bond donors (Lipinski definition) is 1. The van der Waals surface area contributed by atoms with Crippen LogP contribution in [0.4, 0.5) is 13.2 Å². The monoisotopic (exact) mass is 460 g/mol. The summed E-state index contributed by atoms with van der Waals surface area (Å²) in [5.74, 6) is 1.20. The molecule has 5 rings (SSSR count). The fourth-order valence-corrected chi connectivity index (χ4v) is 7.41. The standard InChI is InChI=1S/C27H31F3O3/c1-25-11-9-19(31)15-18(25)5-8-21-22(25)10-12-26(2)23(21)14-17(24(26)32)13-16-3-6-20(7-4-16)33-27(28,29)30/h3-7,13,19,21-23,31H,8-12,14-15H2,1-2H3/b17-13+/t19-,21-,22+,23+,25-,26-/m0/s1. The van der Waals surface area contributed by atoms with Crippen molar-refractivity contribution < 1.29 is 27.8 Å². The topological polar surface area (TPSA) is 46.5 Å². The maximum absolute atomic E-state index is 13.5. The second kappa shape index (κ2) is 7.72. The molecule has 6 atom stereocenters. The van der Waals surface area contributed by atoms with Crippen LogP contribution in [0.15, 0.2) is 41.5 Å². The van der Waals surface area contributed by atoms with Gasteiger partial charge in [-0.25, -0.2) is 0 Å². The highest BCUT2D eigenvalue weighted by atomic mass is 19.4. The van der Waals surface area contributed by atoms with E-state index in [0.29, 0.717) is 17.4 Å². The molecule has 6 heteroatoms. The summed E-state index contributed by atoms with van der Waals surface area (Å²) in [5.41, 5.74) is 2.65. The number of alkyl halides is 3. The average molecular weight is 461 g/mol. The van der Waals surface area contributed by atoms with Gasteiger partial charge in [0.25, 0.3) is 0 Å². The van der Waals surface area contributed by atoms with Crippen LogP contribution in [0.1, 0.15) is 64.4 Å². The number of Topliss-reactive ketones (excluding diaryl/α,β-unsaturated/α-hetero) is 1. The molecule has 0 bridgehead atoms. The molecule has 0 radical (unpaired) electrons. The lowest BCUT2D eigenvalue weighted by atomic mass is 9.48. The molecule has 0 spiro atoms. The predicted octanol–water partition coefficient (Wildman–Crippen LogP) is 6.47. The molecular weight excluding hydrogens is 429 g/mol. The molecule has 4 aliphatic carbocycles. The van der Waals surface area contributed by atoms with E-state index in [4.69, 9.17) is 0 Å². The Morgan fingerprint density at radius 2 is 1.73 bits per heavy atom. The Kier molecular flexibility index (Phi) is 5.31. The van der Waals surface area contributed by atoms with Gasteiger partial charge in [0, 0.05) is 5.41 Å². The van der Waals surface area contributed by atoms with Crippen LogP contribution < -0.4 is 4.74 Å². The summed E-state index contributed by atoms with van der Waals surface area (Å²) >= 11 is 0. The van der Waals surface area contributed by atoms with Gasteiger partial charge >= 0.3 is 6.36 Å². The molecular formula is C27H31F3O3. The molecule has 3 saturated carbocycles. The van der Waals surface area contributed by atoms with Crippen molar-refractivity contribution in [3.63, 3.8) is 0 Å². The van der Waals surface area contributed by atoms with Crippen LogP contribution in [0.3, 0.4) is 0 Å². The van der Waals surface area contributed by atoms with Gasteiger partial charge in [0.05, 0.1) is 6.10 Å². The van der Waals surface area contributed by atoms with Crippen molar-refractivity contribution in [2.75, 3.05) is 0 Å². The van der Waals surface area contributed by atoms with Crippen LogP contribution in [0, 0.1) is 28.6 Å². The van der Waals surface area contributed by atoms with Crippen LogP contribution in [0.5, 0.6) is 5.75 Å². The third kappa shape index (κ3) is 3.84. The minimum atomic E-state index is -4.72. The minimum absolute atomic E-state index is 0.118. The maximum Gasteiger partial charge on any atom is 0.573 e. The molecule has 178 valence electrons. The Balaban J connectivity index is 1.40. The third-order valence-electron chi connectivity index (χ3n) is 9.17. The fraction of sp³-hybridized carbons (Fsp3) is 0.593. The first-order valence-corrected chi connectivity index (χ1v) is 12.0. The first-order chi connectivity index (χ1) is 15.5. The molecule has 0 aromatic heterocycles. The zero-order valence-corrected chi connectivity index (χ0v) is 19.1. The van der Waals surface area contributed by atoms with Gasteiger partial charge < -0.3 is 9.84 Å². The Hall–Kier alpha value is -2.08. The predicted molar refractivity (Wildman–Crippen MR) is 119 cm³/mol. The zero-order valence-electron chi connectivity index (χ0n) is 19.1. The van der Waals surface area contributed by atoms with E-state index in [2.05, 4.69) is 24.7 Å². The number of halogens is 3. The molecule has 0 amide bonds. The first-order valence-electron chi connectivity index (χ1n) is 12.0. The smallest absolute Gasteiger partial charge is 0.406 e. The second-order valence-corrected chi connectivity index (χ2v) is 10.9. The van der Waals surface area contributed by atoms with Crippen molar-refractivity contribution in [3.8, 4) is 5.75 Å². The number of hydrogen-bond acceptors (Lipinski definition) is 3. The number of benzene rings is 1. The Morgan fingerprint density at radius 1 is 1.03 bits per heavy atom.